The molecule has 4 nitrogen and oxygen atoms in total. The van der Waals surface area contributed by atoms with Crippen LogP contribution in [0.25, 0.3) is 11.1 Å². The van der Waals surface area contributed by atoms with Gasteiger partial charge in [-0.15, -0.1) is 0 Å². The summed E-state index contributed by atoms with van der Waals surface area (Å²) < 4.78 is 19.4. The second kappa shape index (κ2) is 7.23. The molecule has 0 aromatic heterocycles. The third kappa shape index (κ3) is 3.82. The highest BCUT2D eigenvalue weighted by atomic mass is 19.1. The van der Waals surface area contributed by atoms with E-state index in [0.29, 0.717) is 11.3 Å². The molecule has 1 heterocycles. The number of hydrogen-bond donors (Lipinski definition) is 0. The smallest absolute Gasteiger partial charge is 0.415 e. The van der Waals surface area contributed by atoms with Gasteiger partial charge >= 0.3 is 6.09 Å². The van der Waals surface area contributed by atoms with Gasteiger partial charge in [-0.1, -0.05) is 29.8 Å². The van der Waals surface area contributed by atoms with Crippen LogP contribution in [0.2, 0.25) is 0 Å². The number of ether oxygens (including phenoxy) is 1. The Balaban J connectivity index is 1.89. The van der Waals surface area contributed by atoms with Crippen LogP contribution in [0.15, 0.2) is 42.5 Å². The van der Waals surface area contributed by atoms with Crippen LogP contribution in [0, 0.1) is 12.7 Å². The minimum atomic E-state index is -0.431. The van der Waals surface area contributed by atoms with Gasteiger partial charge in [-0.25, -0.2) is 9.18 Å². The van der Waals surface area contributed by atoms with E-state index < -0.39 is 6.09 Å². The van der Waals surface area contributed by atoms with Gasteiger partial charge in [0.1, 0.15) is 5.82 Å². The summed E-state index contributed by atoms with van der Waals surface area (Å²) in [4.78, 5) is 16.0. The molecular weight excluding hydrogens is 319 g/mol. The number of aryl methyl sites for hydroxylation is 1. The van der Waals surface area contributed by atoms with Crippen molar-refractivity contribution >= 4 is 11.8 Å². The van der Waals surface area contributed by atoms with Gasteiger partial charge in [-0.05, 0) is 50.6 Å². The molecule has 1 fully saturated rings. The van der Waals surface area contributed by atoms with E-state index >= 15 is 0 Å². The Morgan fingerprint density at radius 1 is 1.28 bits per heavy atom. The van der Waals surface area contributed by atoms with E-state index in [1.165, 1.54) is 17.0 Å². The lowest BCUT2D eigenvalue weighted by Crippen LogP contribution is -2.36. The summed E-state index contributed by atoms with van der Waals surface area (Å²) in [7, 11) is 3.60. The van der Waals surface area contributed by atoms with Crippen LogP contribution < -0.4 is 4.90 Å². The van der Waals surface area contributed by atoms with Crippen LogP contribution in [-0.2, 0) is 4.74 Å². The average molecular weight is 342 g/mol. The normalized spacial score (nSPS) is 17.5. The second-order valence-electron chi connectivity index (χ2n) is 6.55. The Bertz CT molecular complexity index is 778. The average Bonchev–Trinajstić information content (AvgIpc) is 2.99. The first-order valence-corrected chi connectivity index (χ1v) is 8.47. The first-order chi connectivity index (χ1) is 12.0. The van der Waals surface area contributed by atoms with Gasteiger partial charge in [0.15, 0.2) is 6.23 Å². The van der Waals surface area contributed by atoms with Crippen molar-refractivity contribution in [1.82, 2.24) is 4.90 Å². The molecule has 2 aromatic rings. The maximum absolute atomic E-state index is 13.8. The first kappa shape index (κ1) is 17.4. The van der Waals surface area contributed by atoms with E-state index in [2.05, 4.69) is 0 Å². The molecule has 1 aliphatic rings. The lowest BCUT2D eigenvalue weighted by Gasteiger charge is -2.25. The molecular formula is C20H23FN2O2. The summed E-state index contributed by atoms with van der Waals surface area (Å²) in [5.41, 5.74) is 3.23. The minimum absolute atomic E-state index is 0.196. The van der Waals surface area contributed by atoms with E-state index in [1.54, 1.807) is 13.1 Å². The number of rotatable bonds is 3. The Morgan fingerprint density at radius 3 is 2.76 bits per heavy atom. The predicted molar refractivity (Wildman–Crippen MR) is 97.1 cm³/mol. The quantitative estimate of drug-likeness (QED) is 0.827. The lowest BCUT2D eigenvalue weighted by atomic mass is 10.0. The SMILES string of the molecule is Cc1cccc(-c2cc(F)ccc2N(C)C(=O)O[C@@H]2CCCN2C)c1. The van der Waals surface area contributed by atoms with Gasteiger partial charge in [-0.3, -0.25) is 9.80 Å². The summed E-state index contributed by atoms with van der Waals surface area (Å²) >= 11 is 0. The topological polar surface area (TPSA) is 32.8 Å². The number of halogens is 1. The summed E-state index contributed by atoms with van der Waals surface area (Å²) in [6.07, 6.45) is 1.23. The number of likely N-dealkylation sites (tertiary alicyclic amines) is 1. The Kier molecular flexibility index (Phi) is 5.04. The number of nitrogens with zero attached hydrogens (tertiary/aromatic N) is 2. The zero-order chi connectivity index (χ0) is 18.0. The number of benzene rings is 2. The molecule has 3 rings (SSSR count). The Labute approximate surface area is 147 Å². The maximum Gasteiger partial charge on any atom is 0.415 e. The van der Waals surface area contributed by atoms with E-state index in [-0.39, 0.29) is 12.0 Å². The minimum Gasteiger partial charge on any atom is -0.430 e. The molecule has 1 atom stereocenters. The fourth-order valence-electron chi connectivity index (χ4n) is 3.17. The highest BCUT2D eigenvalue weighted by Crippen LogP contribution is 2.32. The predicted octanol–water partition coefficient (Wildman–Crippen LogP) is 4.43. The molecule has 0 bridgehead atoms. The van der Waals surface area contributed by atoms with Crippen molar-refractivity contribution in [2.75, 3.05) is 25.5 Å². The van der Waals surface area contributed by atoms with Crippen molar-refractivity contribution in [3.05, 3.63) is 53.8 Å². The van der Waals surface area contributed by atoms with Crippen molar-refractivity contribution in [3.63, 3.8) is 0 Å². The van der Waals surface area contributed by atoms with Crippen molar-refractivity contribution in [2.45, 2.75) is 26.0 Å². The molecule has 132 valence electrons. The largest absolute Gasteiger partial charge is 0.430 e. The van der Waals surface area contributed by atoms with Gasteiger partial charge < -0.3 is 4.74 Å². The maximum atomic E-state index is 13.8. The van der Waals surface area contributed by atoms with Gasteiger partial charge in [0, 0.05) is 19.2 Å². The van der Waals surface area contributed by atoms with Crippen molar-refractivity contribution in [1.29, 1.82) is 0 Å². The number of hydrogen-bond acceptors (Lipinski definition) is 3. The standard InChI is InChI=1S/C20H23FN2O2/c1-14-6-4-7-15(12-14)17-13-16(21)9-10-18(17)23(3)20(24)25-19-8-5-11-22(19)2/h4,6-7,9-10,12-13,19H,5,8,11H2,1-3H3/t19-/m1/s1. The third-order valence-corrected chi connectivity index (χ3v) is 4.61. The molecule has 25 heavy (non-hydrogen) atoms. The van der Waals surface area contributed by atoms with E-state index in [4.69, 9.17) is 4.74 Å². The fraction of sp³-hybridized carbons (Fsp3) is 0.350. The first-order valence-electron chi connectivity index (χ1n) is 8.47. The van der Waals surface area contributed by atoms with Crippen LogP contribution in [0.1, 0.15) is 18.4 Å². The van der Waals surface area contributed by atoms with Crippen LogP contribution in [-0.4, -0.2) is 37.9 Å². The number of carbonyl (C=O) groups excluding carboxylic acids is 1. The molecule has 1 aliphatic heterocycles. The molecule has 0 aliphatic carbocycles. The molecule has 0 radical (unpaired) electrons. The zero-order valence-corrected chi connectivity index (χ0v) is 14.8. The number of amides is 1. The summed E-state index contributed by atoms with van der Waals surface area (Å²) in [5.74, 6) is -0.336. The van der Waals surface area contributed by atoms with Crippen molar-refractivity contribution in [2.24, 2.45) is 0 Å². The summed E-state index contributed by atoms with van der Waals surface area (Å²) in [6.45, 7) is 2.91. The monoisotopic (exact) mass is 342 g/mol. The highest BCUT2D eigenvalue weighted by Gasteiger charge is 2.27. The lowest BCUT2D eigenvalue weighted by molar-refractivity contribution is 0.0315. The van der Waals surface area contributed by atoms with Crippen LogP contribution in [0.5, 0.6) is 0 Å². The zero-order valence-electron chi connectivity index (χ0n) is 14.8. The van der Waals surface area contributed by atoms with Gasteiger partial charge in [0.05, 0.1) is 5.69 Å². The molecule has 0 saturated carbocycles. The van der Waals surface area contributed by atoms with Crippen molar-refractivity contribution < 1.29 is 13.9 Å². The molecule has 0 N–H and O–H groups in total. The van der Waals surface area contributed by atoms with Crippen LogP contribution in [0.4, 0.5) is 14.9 Å². The second-order valence-corrected chi connectivity index (χ2v) is 6.55. The molecule has 1 amide bonds. The summed E-state index contributed by atoms with van der Waals surface area (Å²) in [5, 5.41) is 0. The van der Waals surface area contributed by atoms with Gasteiger partial charge in [0.25, 0.3) is 0 Å². The van der Waals surface area contributed by atoms with E-state index in [1.807, 2.05) is 43.1 Å². The Morgan fingerprint density at radius 2 is 2.08 bits per heavy atom. The molecule has 1 saturated heterocycles. The van der Waals surface area contributed by atoms with E-state index in [9.17, 15) is 9.18 Å². The van der Waals surface area contributed by atoms with Crippen LogP contribution in [0.3, 0.4) is 0 Å². The molecule has 5 heteroatoms. The number of anilines is 1. The summed E-state index contributed by atoms with van der Waals surface area (Å²) in [6, 6.07) is 12.2. The molecule has 0 unspecified atom stereocenters. The van der Waals surface area contributed by atoms with Gasteiger partial charge in [-0.2, -0.15) is 0 Å². The fourth-order valence-corrected chi connectivity index (χ4v) is 3.17. The Hall–Kier alpha value is -2.40. The van der Waals surface area contributed by atoms with Gasteiger partial charge in [0.2, 0.25) is 0 Å². The van der Waals surface area contributed by atoms with Crippen LogP contribution >= 0.6 is 0 Å². The highest BCUT2D eigenvalue weighted by molar-refractivity contribution is 5.93. The molecule has 2 aromatic carbocycles. The third-order valence-electron chi connectivity index (χ3n) is 4.61. The number of carbonyl (C=O) groups is 1. The van der Waals surface area contributed by atoms with E-state index in [0.717, 1.165) is 30.5 Å². The molecule has 0 spiro atoms. The van der Waals surface area contributed by atoms with Crippen molar-refractivity contribution in [3.8, 4) is 11.1 Å².